The molecule has 1 fully saturated rings. The van der Waals surface area contributed by atoms with Gasteiger partial charge in [-0.1, -0.05) is 19.9 Å². The molecule has 0 spiro atoms. The van der Waals surface area contributed by atoms with Gasteiger partial charge in [0.2, 0.25) is 5.91 Å². The quantitative estimate of drug-likeness (QED) is 0.909. The molecule has 0 saturated carbocycles. The van der Waals surface area contributed by atoms with Crippen molar-refractivity contribution in [1.82, 2.24) is 10.2 Å². The number of carbonyl (C=O) groups is 2. The van der Waals surface area contributed by atoms with Gasteiger partial charge in [-0.3, -0.25) is 9.59 Å². The molecule has 1 aromatic rings. The van der Waals surface area contributed by atoms with Crippen molar-refractivity contribution >= 4 is 11.8 Å². The van der Waals surface area contributed by atoms with Crippen LogP contribution < -0.4 is 5.32 Å². The van der Waals surface area contributed by atoms with E-state index in [1.165, 1.54) is 18.2 Å². The Bertz CT molecular complexity index is 539. The minimum Gasteiger partial charge on any atom is -0.341 e. The van der Waals surface area contributed by atoms with Gasteiger partial charge in [0.25, 0.3) is 5.91 Å². The first-order chi connectivity index (χ1) is 10.5. The van der Waals surface area contributed by atoms with Crippen LogP contribution in [0.3, 0.4) is 0 Å². The summed E-state index contributed by atoms with van der Waals surface area (Å²) in [5.74, 6) is -0.614. The lowest BCUT2D eigenvalue weighted by Gasteiger charge is -2.25. The zero-order valence-electron chi connectivity index (χ0n) is 13.1. The second kappa shape index (κ2) is 7.38. The minimum absolute atomic E-state index is 0.0315. The van der Waals surface area contributed by atoms with Gasteiger partial charge in [0, 0.05) is 18.7 Å². The van der Waals surface area contributed by atoms with E-state index in [-0.39, 0.29) is 17.4 Å². The highest BCUT2D eigenvalue weighted by Crippen LogP contribution is 2.14. The molecule has 4 nitrogen and oxygen atoms in total. The van der Waals surface area contributed by atoms with E-state index in [4.69, 9.17) is 0 Å². The molecule has 2 rings (SSSR count). The van der Waals surface area contributed by atoms with E-state index in [9.17, 15) is 14.0 Å². The minimum atomic E-state index is -0.547. The van der Waals surface area contributed by atoms with Crippen LogP contribution in [0.5, 0.6) is 0 Å². The van der Waals surface area contributed by atoms with E-state index in [1.807, 2.05) is 13.8 Å². The predicted octanol–water partition coefficient (Wildman–Crippen LogP) is 2.59. The van der Waals surface area contributed by atoms with Crippen LogP contribution in [0, 0.1) is 11.7 Å². The molecule has 0 bridgehead atoms. The zero-order valence-corrected chi connectivity index (χ0v) is 13.1. The molecule has 2 amide bonds. The van der Waals surface area contributed by atoms with E-state index in [0.29, 0.717) is 6.42 Å². The number of amides is 2. The molecule has 0 unspecified atom stereocenters. The molecular formula is C17H23FN2O2. The highest BCUT2D eigenvalue weighted by atomic mass is 19.1. The maximum atomic E-state index is 13.2. The number of hydrogen-bond donors (Lipinski definition) is 1. The van der Waals surface area contributed by atoms with Gasteiger partial charge in [0.15, 0.2) is 0 Å². The van der Waals surface area contributed by atoms with Crippen molar-refractivity contribution in [1.29, 1.82) is 0 Å². The summed E-state index contributed by atoms with van der Waals surface area (Å²) in [6, 6.07) is 4.96. The third kappa shape index (κ3) is 4.29. The Balaban J connectivity index is 2.08. The van der Waals surface area contributed by atoms with Crippen molar-refractivity contribution < 1.29 is 14.0 Å². The van der Waals surface area contributed by atoms with Crippen LogP contribution in [-0.4, -0.2) is 35.8 Å². The smallest absolute Gasteiger partial charge is 0.252 e. The van der Waals surface area contributed by atoms with Gasteiger partial charge in [-0.2, -0.15) is 0 Å². The summed E-state index contributed by atoms with van der Waals surface area (Å²) in [4.78, 5) is 26.6. The Morgan fingerprint density at radius 1 is 1.27 bits per heavy atom. The summed E-state index contributed by atoms with van der Waals surface area (Å²) in [5, 5.41) is 2.77. The molecule has 1 atom stereocenters. The number of nitrogens with one attached hydrogen (secondary N) is 1. The number of likely N-dealkylation sites (tertiary alicyclic amines) is 1. The fourth-order valence-corrected chi connectivity index (χ4v) is 2.72. The van der Waals surface area contributed by atoms with Crippen molar-refractivity contribution in [3.05, 3.63) is 35.6 Å². The van der Waals surface area contributed by atoms with Gasteiger partial charge in [-0.15, -0.1) is 0 Å². The van der Waals surface area contributed by atoms with E-state index in [1.54, 1.807) is 11.0 Å². The summed E-state index contributed by atoms with van der Waals surface area (Å²) >= 11 is 0. The predicted molar refractivity (Wildman–Crippen MR) is 82.9 cm³/mol. The number of carbonyl (C=O) groups excluding carboxylic acids is 2. The summed E-state index contributed by atoms with van der Waals surface area (Å²) in [5.41, 5.74) is 0.239. The Kier molecular flexibility index (Phi) is 5.52. The van der Waals surface area contributed by atoms with Crippen molar-refractivity contribution in [2.24, 2.45) is 5.92 Å². The standard InChI is InChI=1S/C17H23FN2O2/c1-12(2)10-15(17(22)20-8-3-4-9-20)19-16(21)13-6-5-7-14(18)11-13/h5-7,11-12,15H,3-4,8-10H2,1-2H3,(H,19,21)/t15-/m1/s1. The lowest BCUT2D eigenvalue weighted by atomic mass is 10.0. The first-order valence-corrected chi connectivity index (χ1v) is 7.82. The molecule has 0 radical (unpaired) electrons. The zero-order chi connectivity index (χ0) is 16.1. The van der Waals surface area contributed by atoms with Crippen molar-refractivity contribution in [2.45, 2.75) is 39.2 Å². The fourth-order valence-electron chi connectivity index (χ4n) is 2.72. The molecule has 0 aromatic heterocycles. The number of nitrogens with zero attached hydrogens (tertiary/aromatic N) is 1. The lowest BCUT2D eigenvalue weighted by molar-refractivity contribution is -0.132. The Morgan fingerprint density at radius 3 is 2.55 bits per heavy atom. The first kappa shape index (κ1) is 16.5. The van der Waals surface area contributed by atoms with Crippen molar-refractivity contribution in [2.75, 3.05) is 13.1 Å². The molecule has 1 saturated heterocycles. The Morgan fingerprint density at radius 2 is 1.95 bits per heavy atom. The van der Waals surface area contributed by atoms with Gasteiger partial charge in [-0.05, 0) is 43.4 Å². The molecule has 0 aliphatic carbocycles. The highest BCUT2D eigenvalue weighted by molar-refractivity contribution is 5.97. The second-order valence-electron chi connectivity index (χ2n) is 6.20. The largest absolute Gasteiger partial charge is 0.341 e. The molecule has 1 N–H and O–H groups in total. The van der Waals surface area contributed by atoms with Gasteiger partial charge < -0.3 is 10.2 Å². The molecule has 1 heterocycles. The Hall–Kier alpha value is -1.91. The number of hydrogen-bond acceptors (Lipinski definition) is 2. The summed E-state index contributed by atoms with van der Waals surface area (Å²) < 4.78 is 13.2. The van der Waals surface area contributed by atoms with E-state index < -0.39 is 17.8 Å². The van der Waals surface area contributed by atoms with Gasteiger partial charge in [0.05, 0.1) is 0 Å². The van der Waals surface area contributed by atoms with Gasteiger partial charge in [-0.25, -0.2) is 4.39 Å². The fraction of sp³-hybridized carbons (Fsp3) is 0.529. The van der Waals surface area contributed by atoms with Crippen molar-refractivity contribution in [3.8, 4) is 0 Å². The SMILES string of the molecule is CC(C)C[C@@H](NC(=O)c1cccc(F)c1)C(=O)N1CCCC1. The number of rotatable bonds is 5. The number of benzene rings is 1. The van der Waals surface area contributed by atoms with E-state index in [2.05, 4.69) is 5.32 Å². The average molecular weight is 306 g/mol. The molecule has 22 heavy (non-hydrogen) atoms. The summed E-state index contributed by atoms with van der Waals surface area (Å²) in [6.07, 6.45) is 2.60. The molecular weight excluding hydrogens is 283 g/mol. The number of halogens is 1. The van der Waals surface area contributed by atoms with Crippen LogP contribution in [0.1, 0.15) is 43.5 Å². The Labute approximate surface area is 130 Å². The van der Waals surface area contributed by atoms with Crippen LogP contribution in [0.2, 0.25) is 0 Å². The maximum Gasteiger partial charge on any atom is 0.252 e. The summed E-state index contributed by atoms with van der Waals surface area (Å²) in [6.45, 7) is 5.53. The van der Waals surface area contributed by atoms with Crippen LogP contribution >= 0.6 is 0 Å². The van der Waals surface area contributed by atoms with Gasteiger partial charge in [0.1, 0.15) is 11.9 Å². The normalized spacial score (nSPS) is 15.9. The van der Waals surface area contributed by atoms with Crippen LogP contribution in [0.15, 0.2) is 24.3 Å². The average Bonchev–Trinajstić information content (AvgIpc) is 2.99. The third-order valence-electron chi connectivity index (χ3n) is 3.82. The van der Waals surface area contributed by atoms with Crippen molar-refractivity contribution in [3.63, 3.8) is 0 Å². The third-order valence-corrected chi connectivity index (χ3v) is 3.82. The van der Waals surface area contributed by atoms with Crippen LogP contribution in [0.25, 0.3) is 0 Å². The van der Waals surface area contributed by atoms with E-state index >= 15 is 0 Å². The lowest BCUT2D eigenvalue weighted by Crippen LogP contribution is -2.48. The molecule has 5 heteroatoms. The molecule has 1 aromatic carbocycles. The molecule has 1 aliphatic rings. The molecule has 1 aliphatic heterocycles. The van der Waals surface area contributed by atoms with E-state index in [0.717, 1.165) is 25.9 Å². The second-order valence-corrected chi connectivity index (χ2v) is 6.20. The van der Waals surface area contributed by atoms with Crippen LogP contribution in [-0.2, 0) is 4.79 Å². The monoisotopic (exact) mass is 306 g/mol. The van der Waals surface area contributed by atoms with Crippen LogP contribution in [0.4, 0.5) is 4.39 Å². The van der Waals surface area contributed by atoms with Gasteiger partial charge >= 0.3 is 0 Å². The topological polar surface area (TPSA) is 49.4 Å². The summed E-state index contributed by atoms with van der Waals surface area (Å²) in [7, 11) is 0. The first-order valence-electron chi connectivity index (χ1n) is 7.82. The maximum absolute atomic E-state index is 13.2. The molecule has 120 valence electrons. The highest BCUT2D eigenvalue weighted by Gasteiger charge is 2.28.